The van der Waals surface area contributed by atoms with Gasteiger partial charge in [0.15, 0.2) is 0 Å². The highest BCUT2D eigenvalue weighted by molar-refractivity contribution is 6.35. The predicted molar refractivity (Wildman–Crippen MR) is 84.6 cm³/mol. The second kappa shape index (κ2) is 7.26. The summed E-state index contributed by atoms with van der Waals surface area (Å²) in [5.41, 5.74) is -0.00795. The third-order valence-corrected chi connectivity index (χ3v) is 3.19. The van der Waals surface area contributed by atoms with E-state index in [0.717, 1.165) is 13.2 Å². The first-order valence-electron chi connectivity index (χ1n) is 6.18. The maximum atomic E-state index is 13.6. The second-order valence-electron chi connectivity index (χ2n) is 4.23. The molecule has 0 spiro atoms. The first-order chi connectivity index (χ1) is 10.9. The topological polar surface area (TPSA) is 80.3 Å². The number of aromatic nitrogens is 1. The maximum Gasteiger partial charge on any atom is 0.411 e. The van der Waals surface area contributed by atoms with Gasteiger partial charge in [-0.3, -0.25) is 10.1 Å². The molecule has 2 rings (SSSR count). The van der Waals surface area contributed by atoms with Gasteiger partial charge in [-0.05, 0) is 30.3 Å². The first-order valence-corrected chi connectivity index (χ1v) is 6.94. The highest BCUT2D eigenvalue weighted by Crippen LogP contribution is 2.22. The summed E-state index contributed by atoms with van der Waals surface area (Å²) in [6, 6.07) is 6.49. The van der Waals surface area contributed by atoms with Gasteiger partial charge in [-0.25, -0.2) is 14.2 Å². The van der Waals surface area contributed by atoms with Crippen LogP contribution in [0.2, 0.25) is 10.2 Å². The molecule has 0 saturated heterocycles. The van der Waals surface area contributed by atoms with Crippen LogP contribution in [0.1, 0.15) is 10.5 Å². The van der Waals surface area contributed by atoms with Crippen molar-refractivity contribution < 1.29 is 18.7 Å². The number of halogens is 3. The van der Waals surface area contributed by atoms with Crippen LogP contribution in [0.5, 0.6) is 0 Å². The predicted octanol–water partition coefficient (Wildman–Crippen LogP) is 3.96. The Kier molecular flexibility index (Phi) is 5.36. The zero-order valence-electron chi connectivity index (χ0n) is 11.7. The number of nitrogens with zero attached hydrogens (tertiary/aromatic N) is 1. The molecule has 2 aromatic rings. The average Bonchev–Trinajstić information content (AvgIpc) is 2.52. The van der Waals surface area contributed by atoms with E-state index in [9.17, 15) is 14.0 Å². The molecule has 1 heterocycles. The molecule has 0 atom stereocenters. The van der Waals surface area contributed by atoms with Crippen LogP contribution in [0.15, 0.2) is 30.3 Å². The van der Waals surface area contributed by atoms with Crippen LogP contribution >= 0.6 is 23.2 Å². The number of hydrogen-bond acceptors (Lipinski definition) is 4. The summed E-state index contributed by atoms with van der Waals surface area (Å²) in [5, 5.41) is 4.88. The van der Waals surface area contributed by atoms with E-state index in [4.69, 9.17) is 23.2 Å². The van der Waals surface area contributed by atoms with Gasteiger partial charge in [0, 0.05) is 5.69 Å². The number of carbonyl (C=O) groups excluding carboxylic acids is 2. The van der Waals surface area contributed by atoms with Crippen molar-refractivity contribution in [2.75, 3.05) is 17.7 Å². The van der Waals surface area contributed by atoms with Crippen molar-refractivity contribution in [3.63, 3.8) is 0 Å². The molecular formula is C14H10Cl2FN3O3. The number of methoxy groups -OCH3 is 1. The van der Waals surface area contributed by atoms with Gasteiger partial charge in [-0.2, -0.15) is 0 Å². The monoisotopic (exact) mass is 357 g/mol. The Balaban J connectivity index is 2.22. The van der Waals surface area contributed by atoms with Crippen molar-refractivity contribution in [2.24, 2.45) is 0 Å². The summed E-state index contributed by atoms with van der Waals surface area (Å²) in [5.74, 6) is -1.32. The van der Waals surface area contributed by atoms with Crippen molar-refractivity contribution in [1.29, 1.82) is 0 Å². The molecule has 120 valence electrons. The van der Waals surface area contributed by atoms with Crippen LogP contribution in [-0.4, -0.2) is 24.1 Å². The summed E-state index contributed by atoms with van der Waals surface area (Å²) in [6.07, 6.45) is -0.841. The molecular weight excluding hydrogens is 348 g/mol. The SMILES string of the molecule is COC(=O)Nc1cc(NC(=O)c2nc(Cl)ccc2Cl)ccc1F. The average molecular weight is 358 g/mol. The molecule has 0 saturated carbocycles. The minimum Gasteiger partial charge on any atom is -0.453 e. The van der Waals surface area contributed by atoms with Gasteiger partial charge in [0.05, 0.1) is 17.8 Å². The summed E-state index contributed by atoms with van der Waals surface area (Å²) >= 11 is 11.6. The fraction of sp³-hybridized carbons (Fsp3) is 0.0714. The normalized spacial score (nSPS) is 10.1. The summed E-state index contributed by atoms with van der Waals surface area (Å²) in [7, 11) is 1.14. The number of pyridine rings is 1. The molecule has 0 aliphatic carbocycles. The Morgan fingerprint density at radius 3 is 2.61 bits per heavy atom. The van der Waals surface area contributed by atoms with Crippen molar-refractivity contribution in [2.45, 2.75) is 0 Å². The van der Waals surface area contributed by atoms with E-state index in [0.29, 0.717) is 0 Å². The minimum atomic E-state index is -0.841. The van der Waals surface area contributed by atoms with Crippen LogP contribution < -0.4 is 10.6 Å². The molecule has 23 heavy (non-hydrogen) atoms. The highest BCUT2D eigenvalue weighted by atomic mass is 35.5. The Hall–Kier alpha value is -2.38. The van der Waals surface area contributed by atoms with E-state index in [1.807, 2.05) is 0 Å². The van der Waals surface area contributed by atoms with Gasteiger partial charge in [0.1, 0.15) is 16.7 Å². The largest absolute Gasteiger partial charge is 0.453 e. The van der Waals surface area contributed by atoms with Crippen LogP contribution in [0.4, 0.5) is 20.6 Å². The van der Waals surface area contributed by atoms with Gasteiger partial charge < -0.3 is 10.1 Å². The number of amides is 2. The molecule has 1 aromatic carbocycles. The van der Waals surface area contributed by atoms with Gasteiger partial charge >= 0.3 is 6.09 Å². The first kappa shape index (κ1) is 17.0. The lowest BCUT2D eigenvalue weighted by molar-refractivity contribution is 0.102. The van der Waals surface area contributed by atoms with Crippen LogP contribution in [0.25, 0.3) is 0 Å². The Morgan fingerprint density at radius 1 is 1.17 bits per heavy atom. The lowest BCUT2D eigenvalue weighted by Gasteiger charge is -2.09. The van der Waals surface area contributed by atoms with Crippen LogP contribution in [0, 0.1) is 5.82 Å². The molecule has 6 nitrogen and oxygen atoms in total. The zero-order valence-corrected chi connectivity index (χ0v) is 13.2. The number of hydrogen-bond donors (Lipinski definition) is 2. The van der Waals surface area contributed by atoms with E-state index < -0.39 is 17.8 Å². The van der Waals surface area contributed by atoms with Crippen molar-refractivity contribution >= 4 is 46.6 Å². The van der Waals surface area contributed by atoms with Crippen molar-refractivity contribution in [3.05, 3.63) is 52.0 Å². The van der Waals surface area contributed by atoms with Gasteiger partial charge in [0.25, 0.3) is 5.91 Å². The zero-order chi connectivity index (χ0) is 17.0. The smallest absolute Gasteiger partial charge is 0.411 e. The molecule has 0 aliphatic rings. The molecule has 0 fully saturated rings. The maximum absolute atomic E-state index is 13.6. The standard InChI is InChI=1S/C14H10Cl2FN3O3/c1-23-14(22)19-10-6-7(2-4-9(10)17)18-13(21)12-8(15)3-5-11(16)20-12/h2-6H,1H3,(H,18,21)(H,19,22). The lowest BCUT2D eigenvalue weighted by atomic mass is 10.2. The van der Waals surface area contributed by atoms with Crippen molar-refractivity contribution in [3.8, 4) is 0 Å². The lowest BCUT2D eigenvalue weighted by Crippen LogP contribution is -2.16. The van der Waals surface area contributed by atoms with E-state index in [2.05, 4.69) is 20.4 Å². The Morgan fingerprint density at radius 2 is 1.91 bits per heavy atom. The molecule has 9 heteroatoms. The molecule has 2 amide bonds. The summed E-state index contributed by atoms with van der Waals surface area (Å²) in [6.45, 7) is 0. The number of anilines is 2. The minimum absolute atomic E-state index is 0.0778. The highest BCUT2D eigenvalue weighted by Gasteiger charge is 2.15. The van der Waals surface area contributed by atoms with Gasteiger partial charge in [0.2, 0.25) is 0 Å². The number of ether oxygens (including phenoxy) is 1. The Bertz CT molecular complexity index is 771. The molecule has 0 bridgehead atoms. The third kappa shape index (κ3) is 4.30. The van der Waals surface area contributed by atoms with Crippen molar-refractivity contribution in [1.82, 2.24) is 4.98 Å². The molecule has 1 aromatic heterocycles. The fourth-order valence-corrected chi connectivity index (χ4v) is 1.97. The van der Waals surface area contributed by atoms with Crippen LogP contribution in [0.3, 0.4) is 0 Å². The van der Waals surface area contributed by atoms with E-state index in [1.165, 1.54) is 24.3 Å². The molecule has 0 aliphatic heterocycles. The van der Waals surface area contributed by atoms with E-state index in [-0.39, 0.29) is 27.2 Å². The number of carbonyl (C=O) groups is 2. The number of rotatable bonds is 3. The third-order valence-electron chi connectivity index (χ3n) is 2.67. The fourth-order valence-electron chi connectivity index (χ4n) is 1.63. The van der Waals surface area contributed by atoms with Crippen LogP contribution in [-0.2, 0) is 4.74 Å². The van der Waals surface area contributed by atoms with Gasteiger partial charge in [-0.15, -0.1) is 0 Å². The number of nitrogens with one attached hydrogen (secondary N) is 2. The molecule has 2 N–H and O–H groups in total. The van der Waals surface area contributed by atoms with Gasteiger partial charge in [-0.1, -0.05) is 23.2 Å². The quantitative estimate of drug-likeness (QED) is 0.814. The molecule has 0 radical (unpaired) electrons. The summed E-state index contributed by atoms with van der Waals surface area (Å²) in [4.78, 5) is 27.1. The Labute approximate surface area is 140 Å². The van der Waals surface area contributed by atoms with E-state index >= 15 is 0 Å². The second-order valence-corrected chi connectivity index (χ2v) is 5.02. The number of benzene rings is 1. The van der Waals surface area contributed by atoms with E-state index in [1.54, 1.807) is 0 Å². The molecule has 0 unspecified atom stereocenters. The summed E-state index contributed by atoms with van der Waals surface area (Å²) < 4.78 is 18.0.